The van der Waals surface area contributed by atoms with E-state index in [1.165, 1.54) is 25.1 Å². The quantitative estimate of drug-likeness (QED) is 0.295. The van der Waals surface area contributed by atoms with E-state index < -0.39 is 53.3 Å². The number of carbonyl (C=O) groups excluding carboxylic acids is 1. The third-order valence-corrected chi connectivity index (χ3v) is 6.57. The summed E-state index contributed by atoms with van der Waals surface area (Å²) >= 11 is 0. The molecule has 6 nitrogen and oxygen atoms in total. The molecular formula is C27H22F6N2O4. The molecule has 1 aliphatic rings. The van der Waals surface area contributed by atoms with Crippen LogP contribution >= 0.6 is 0 Å². The number of nitrogens with one attached hydrogen (secondary N) is 1. The number of halogens is 6. The number of hydrogen-bond acceptors (Lipinski definition) is 4. The van der Waals surface area contributed by atoms with Gasteiger partial charge in [-0.15, -0.1) is 13.2 Å². The number of carbonyl (C=O) groups is 2. The molecule has 2 N–H and O–H groups in total. The van der Waals surface area contributed by atoms with E-state index in [-0.39, 0.29) is 40.8 Å². The molecule has 0 bridgehead atoms. The van der Waals surface area contributed by atoms with Crippen LogP contribution in [0.4, 0.5) is 32.0 Å². The number of hydrogen-bond donors (Lipinski definition) is 2. The Balaban J connectivity index is 1.62. The van der Waals surface area contributed by atoms with Crippen molar-refractivity contribution < 1.29 is 45.8 Å². The molecule has 0 aliphatic heterocycles. The largest absolute Gasteiger partial charge is 0.573 e. The van der Waals surface area contributed by atoms with Crippen molar-refractivity contribution in [2.45, 2.75) is 50.8 Å². The van der Waals surface area contributed by atoms with Crippen LogP contribution < -0.4 is 10.1 Å². The molecule has 1 amide bonds. The number of aromatic carboxylic acids is 1. The van der Waals surface area contributed by atoms with Crippen LogP contribution in [0.5, 0.6) is 5.75 Å². The molecule has 3 aromatic rings. The van der Waals surface area contributed by atoms with Gasteiger partial charge in [-0.25, -0.2) is 9.18 Å². The van der Waals surface area contributed by atoms with Gasteiger partial charge in [0.05, 0.1) is 11.0 Å². The number of alkyl halides is 5. The molecule has 2 aromatic carbocycles. The molecule has 0 unspecified atom stereocenters. The van der Waals surface area contributed by atoms with Gasteiger partial charge in [-0.3, -0.25) is 9.78 Å². The summed E-state index contributed by atoms with van der Waals surface area (Å²) < 4.78 is 83.6. The monoisotopic (exact) mass is 552 g/mol. The highest BCUT2D eigenvalue weighted by atomic mass is 19.4. The minimum atomic E-state index is -5.01. The molecule has 206 valence electrons. The molecule has 1 fully saturated rings. The molecule has 1 aromatic heterocycles. The Morgan fingerprint density at radius 3 is 2.28 bits per heavy atom. The number of ether oxygens (including phenoxy) is 1. The maximum atomic E-state index is 14.7. The van der Waals surface area contributed by atoms with Crippen LogP contribution in [0.25, 0.3) is 11.1 Å². The second-order valence-electron chi connectivity index (χ2n) is 9.24. The number of benzene rings is 2. The van der Waals surface area contributed by atoms with Gasteiger partial charge < -0.3 is 15.2 Å². The highest BCUT2D eigenvalue weighted by Gasteiger charge is 2.53. The van der Waals surface area contributed by atoms with Crippen molar-refractivity contribution in [3.05, 3.63) is 76.9 Å². The lowest BCUT2D eigenvalue weighted by Crippen LogP contribution is -2.29. The summed E-state index contributed by atoms with van der Waals surface area (Å²) in [6.07, 6.45) is -3.87. The van der Waals surface area contributed by atoms with Crippen molar-refractivity contribution in [2.24, 2.45) is 0 Å². The fourth-order valence-electron chi connectivity index (χ4n) is 4.43. The first-order valence-electron chi connectivity index (χ1n) is 11.8. The summed E-state index contributed by atoms with van der Waals surface area (Å²) in [7, 11) is 0. The molecule has 39 heavy (non-hydrogen) atoms. The summed E-state index contributed by atoms with van der Waals surface area (Å²) in [6, 6.07) is 7.64. The Morgan fingerprint density at radius 1 is 1.08 bits per heavy atom. The minimum absolute atomic E-state index is 0.0875. The molecule has 4 rings (SSSR count). The lowest BCUT2D eigenvalue weighted by atomic mass is 9.92. The van der Waals surface area contributed by atoms with E-state index in [1.807, 2.05) is 0 Å². The predicted octanol–water partition coefficient (Wildman–Crippen LogP) is 6.97. The highest BCUT2D eigenvalue weighted by molar-refractivity contribution is 6.04. The number of aromatic nitrogens is 1. The Hall–Kier alpha value is -4.09. The average Bonchev–Trinajstić information content (AvgIpc) is 3.65. The Morgan fingerprint density at radius 2 is 1.77 bits per heavy atom. The van der Waals surface area contributed by atoms with E-state index in [0.29, 0.717) is 11.6 Å². The van der Waals surface area contributed by atoms with Crippen LogP contribution in [0.15, 0.2) is 48.7 Å². The Kier molecular flexibility index (Phi) is 7.09. The fraction of sp³-hybridized carbons (Fsp3) is 0.296. The van der Waals surface area contributed by atoms with Crippen LogP contribution in [-0.4, -0.2) is 28.3 Å². The van der Waals surface area contributed by atoms with E-state index >= 15 is 0 Å². The van der Waals surface area contributed by atoms with E-state index in [0.717, 1.165) is 24.4 Å². The lowest BCUT2D eigenvalue weighted by molar-refractivity contribution is -0.274. The van der Waals surface area contributed by atoms with Gasteiger partial charge in [0.15, 0.2) is 0 Å². The van der Waals surface area contributed by atoms with Gasteiger partial charge in [0.2, 0.25) is 5.91 Å². The SMILES string of the molecule is CCC(F)(F)c1ccc(-c2c(C)cc(NC(=O)C3(c4ccc(OC(F)(F)F)cc4F)CC3)cc2C(=O)O)cn1. The molecule has 0 spiro atoms. The molecular weight excluding hydrogens is 530 g/mol. The minimum Gasteiger partial charge on any atom is -0.478 e. The third-order valence-electron chi connectivity index (χ3n) is 6.57. The van der Waals surface area contributed by atoms with Gasteiger partial charge >= 0.3 is 12.3 Å². The maximum Gasteiger partial charge on any atom is 0.573 e. The summed E-state index contributed by atoms with van der Waals surface area (Å²) in [5.41, 5.74) is -1.17. The zero-order chi connectivity index (χ0) is 28.8. The van der Waals surface area contributed by atoms with Crippen molar-refractivity contribution in [3.63, 3.8) is 0 Å². The summed E-state index contributed by atoms with van der Waals surface area (Å²) in [5.74, 6) is -6.96. The van der Waals surface area contributed by atoms with E-state index in [4.69, 9.17) is 0 Å². The number of anilines is 1. The summed E-state index contributed by atoms with van der Waals surface area (Å²) in [6.45, 7) is 2.88. The normalized spacial score (nSPS) is 14.6. The first kappa shape index (κ1) is 27.9. The predicted molar refractivity (Wildman–Crippen MR) is 128 cm³/mol. The van der Waals surface area contributed by atoms with Crippen molar-refractivity contribution in [1.29, 1.82) is 0 Å². The second-order valence-corrected chi connectivity index (χ2v) is 9.24. The van der Waals surface area contributed by atoms with Crippen LogP contribution in [0.2, 0.25) is 0 Å². The number of rotatable bonds is 8. The molecule has 1 aliphatic carbocycles. The van der Waals surface area contributed by atoms with Gasteiger partial charge in [-0.1, -0.05) is 19.1 Å². The van der Waals surface area contributed by atoms with Gasteiger partial charge in [0, 0.05) is 41.1 Å². The smallest absolute Gasteiger partial charge is 0.478 e. The number of carboxylic acids is 1. The van der Waals surface area contributed by atoms with E-state index in [1.54, 1.807) is 6.92 Å². The van der Waals surface area contributed by atoms with Crippen LogP contribution in [-0.2, 0) is 16.1 Å². The van der Waals surface area contributed by atoms with Gasteiger partial charge in [-0.2, -0.15) is 8.78 Å². The second kappa shape index (κ2) is 9.90. The molecule has 0 saturated heterocycles. The van der Waals surface area contributed by atoms with Crippen LogP contribution in [0, 0.1) is 12.7 Å². The standard InChI is InChI=1S/C27H22F6N2O4/c1-3-26(29,30)21-7-4-15(13-34-21)22-14(2)10-16(11-18(22)23(36)37)35-24(38)25(8-9-25)19-6-5-17(12-20(19)28)39-27(31,32)33/h4-7,10-13H,3,8-9H2,1-2H3,(H,35,38)(H,36,37). The zero-order valence-electron chi connectivity index (χ0n) is 20.6. The van der Waals surface area contributed by atoms with E-state index in [9.17, 15) is 41.0 Å². The highest BCUT2D eigenvalue weighted by Crippen LogP contribution is 2.50. The zero-order valence-corrected chi connectivity index (χ0v) is 20.6. The Bertz CT molecular complexity index is 1430. The first-order valence-corrected chi connectivity index (χ1v) is 11.8. The average molecular weight is 552 g/mol. The number of pyridine rings is 1. The molecule has 12 heteroatoms. The maximum absolute atomic E-state index is 14.7. The lowest BCUT2D eigenvalue weighted by Gasteiger charge is -2.19. The van der Waals surface area contributed by atoms with Crippen molar-refractivity contribution >= 4 is 17.6 Å². The molecule has 1 saturated carbocycles. The topological polar surface area (TPSA) is 88.5 Å². The molecule has 0 radical (unpaired) electrons. The van der Waals surface area contributed by atoms with Gasteiger partial charge in [0.25, 0.3) is 5.92 Å². The number of aryl methyl sites for hydroxylation is 1. The van der Waals surface area contributed by atoms with Crippen LogP contribution in [0.1, 0.15) is 53.4 Å². The van der Waals surface area contributed by atoms with Crippen molar-refractivity contribution in [3.8, 4) is 16.9 Å². The first-order chi connectivity index (χ1) is 18.2. The Labute approximate surface area is 218 Å². The van der Waals surface area contributed by atoms with Gasteiger partial charge in [0.1, 0.15) is 17.3 Å². The van der Waals surface area contributed by atoms with E-state index in [2.05, 4.69) is 15.0 Å². The summed E-state index contributed by atoms with van der Waals surface area (Å²) in [5, 5.41) is 12.4. The van der Waals surface area contributed by atoms with Crippen molar-refractivity contribution in [1.82, 2.24) is 4.98 Å². The fourth-order valence-corrected chi connectivity index (χ4v) is 4.43. The number of carboxylic acid groups (broad SMARTS) is 1. The van der Waals surface area contributed by atoms with Gasteiger partial charge in [-0.05, 0) is 49.6 Å². The number of amides is 1. The molecule has 1 heterocycles. The van der Waals surface area contributed by atoms with Crippen LogP contribution in [0.3, 0.4) is 0 Å². The molecule has 0 atom stereocenters. The van der Waals surface area contributed by atoms with Crippen molar-refractivity contribution in [2.75, 3.05) is 5.32 Å². The third kappa shape index (κ3) is 5.69. The summed E-state index contributed by atoms with van der Waals surface area (Å²) in [4.78, 5) is 29.0. The number of nitrogens with zero attached hydrogens (tertiary/aromatic N) is 1.